The molecule has 4 rings (SSSR count). The Morgan fingerprint density at radius 1 is 1.28 bits per heavy atom. The summed E-state index contributed by atoms with van der Waals surface area (Å²) in [7, 11) is 0. The molecule has 1 aliphatic heterocycles. The lowest BCUT2D eigenvalue weighted by Crippen LogP contribution is -2.46. The van der Waals surface area contributed by atoms with Crippen molar-refractivity contribution in [3.63, 3.8) is 0 Å². The van der Waals surface area contributed by atoms with E-state index in [1.807, 2.05) is 23.2 Å². The molecule has 2 heterocycles. The molecule has 0 saturated carbocycles. The van der Waals surface area contributed by atoms with Gasteiger partial charge in [-0.05, 0) is 29.7 Å². The number of fused-ring (bicyclic) bond motifs is 1. The van der Waals surface area contributed by atoms with Gasteiger partial charge in [-0.2, -0.15) is 0 Å². The van der Waals surface area contributed by atoms with E-state index in [-0.39, 0.29) is 23.6 Å². The normalized spacial score (nSPS) is 23.8. The number of H-pyrrole nitrogens is 1. The van der Waals surface area contributed by atoms with Crippen molar-refractivity contribution in [1.29, 1.82) is 0 Å². The van der Waals surface area contributed by atoms with Crippen LogP contribution in [0.3, 0.4) is 0 Å². The van der Waals surface area contributed by atoms with Gasteiger partial charge in [0.15, 0.2) is 0 Å². The summed E-state index contributed by atoms with van der Waals surface area (Å²) in [4.78, 5) is 17.7. The largest absolute Gasteiger partial charge is 0.361 e. The zero-order valence-corrected chi connectivity index (χ0v) is 14.3. The molecule has 5 heteroatoms. The third kappa shape index (κ3) is 3.00. The van der Waals surface area contributed by atoms with Crippen LogP contribution in [-0.4, -0.2) is 42.0 Å². The number of rotatable bonds is 2. The van der Waals surface area contributed by atoms with Gasteiger partial charge in [0.25, 0.3) is 5.91 Å². The third-order valence-corrected chi connectivity index (χ3v) is 5.18. The van der Waals surface area contributed by atoms with E-state index in [1.54, 1.807) is 0 Å². The average Bonchev–Trinajstić information content (AvgIpc) is 3.04. The predicted octanol–water partition coefficient (Wildman–Crippen LogP) is 2.95. The van der Waals surface area contributed by atoms with Gasteiger partial charge in [-0.15, -0.1) is 0 Å². The quantitative estimate of drug-likeness (QED) is 0.884. The molecule has 1 amide bonds. The molecule has 1 aromatic heterocycles. The van der Waals surface area contributed by atoms with Crippen molar-refractivity contribution >= 4 is 16.8 Å². The molecule has 0 spiro atoms. The van der Waals surface area contributed by atoms with Gasteiger partial charge in [0.2, 0.25) is 0 Å². The molecule has 0 radical (unpaired) electrons. The standard InChI is InChI=1S/C20H22FN3O/c1-13-10-14(20(25)24-8-6-22-7-9-24)2-4-16(13)18-12-23-19-11-15(21)3-5-17(18)19/h2-5,10-13,16,22-23H,6-9H2,1H3. The van der Waals surface area contributed by atoms with Crippen LogP contribution in [0.25, 0.3) is 10.9 Å². The zero-order chi connectivity index (χ0) is 17.4. The van der Waals surface area contributed by atoms with Crippen LogP contribution in [0.5, 0.6) is 0 Å². The van der Waals surface area contributed by atoms with Gasteiger partial charge >= 0.3 is 0 Å². The molecule has 25 heavy (non-hydrogen) atoms. The van der Waals surface area contributed by atoms with E-state index < -0.39 is 0 Å². The number of allylic oxidation sites excluding steroid dienone is 2. The summed E-state index contributed by atoms with van der Waals surface area (Å²) in [5.41, 5.74) is 2.72. The highest BCUT2D eigenvalue weighted by Gasteiger charge is 2.26. The minimum atomic E-state index is -0.239. The Bertz CT molecular complexity index is 861. The molecule has 1 aliphatic carbocycles. The van der Waals surface area contributed by atoms with E-state index in [1.165, 1.54) is 12.1 Å². The molecule has 2 aromatic rings. The Labute approximate surface area is 146 Å². The second-order valence-corrected chi connectivity index (χ2v) is 6.84. The number of piperazine rings is 1. The van der Waals surface area contributed by atoms with Crippen LogP contribution in [0.4, 0.5) is 4.39 Å². The monoisotopic (exact) mass is 339 g/mol. The lowest BCUT2D eigenvalue weighted by molar-refractivity contribution is -0.127. The molecule has 2 aliphatic rings. The average molecular weight is 339 g/mol. The van der Waals surface area contributed by atoms with E-state index in [0.29, 0.717) is 0 Å². The van der Waals surface area contributed by atoms with Crippen molar-refractivity contribution in [2.45, 2.75) is 12.8 Å². The van der Waals surface area contributed by atoms with E-state index >= 15 is 0 Å². The van der Waals surface area contributed by atoms with Crippen molar-refractivity contribution < 1.29 is 9.18 Å². The summed E-state index contributed by atoms with van der Waals surface area (Å²) in [6, 6.07) is 4.83. The van der Waals surface area contributed by atoms with Crippen molar-refractivity contribution in [1.82, 2.24) is 15.2 Å². The van der Waals surface area contributed by atoms with Crippen molar-refractivity contribution in [3.05, 3.63) is 59.6 Å². The van der Waals surface area contributed by atoms with Crippen LogP contribution in [0.15, 0.2) is 48.2 Å². The molecule has 2 atom stereocenters. The molecular formula is C20H22FN3O. The maximum absolute atomic E-state index is 13.4. The van der Waals surface area contributed by atoms with Gasteiger partial charge in [0.1, 0.15) is 5.82 Å². The Hall–Kier alpha value is -2.40. The van der Waals surface area contributed by atoms with Gasteiger partial charge < -0.3 is 15.2 Å². The number of nitrogens with one attached hydrogen (secondary N) is 2. The second kappa shape index (κ2) is 6.48. The lowest BCUT2D eigenvalue weighted by atomic mass is 9.82. The van der Waals surface area contributed by atoms with Crippen molar-refractivity contribution in [3.8, 4) is 0 Å². The van der Waals surface area contributed by atoms with Gasteiger partial charge in [-0.1, -0.05) is 25.2 Å². The second-order valence-electron chi connectivity index (χ2n) is 6.84. The number of halogens is 1. The molecule has 2 N–H and O–H groups in total. The van der Waals surface area contributed by atoms with E-state index in [4.69, 9.17) is 0 Å². The van der Waals surface area contributed by atoms with Crippen molar-refractivity contribution in [2.24, 2.45) is 5.92 Å². The summed E-state index contributed by atoms with van der Waals surface area (Å²) in [6.07, 6.45) is 8.06. The lowest BCUT2D eigenvalue weighted by Gasteiger charge is -2.30. The molecule has 1 aromatic carbocycles. The summed E-state index contributed by atoms with van der Waals surface area (Å²) in [5, 5.41) is 4.30. The summed E-state index contributed by atoms with van der Waals surface area (Å²) in [5.74, 6) is 0.260. The minimum Gasteiger partial charge on any atom is -0.361 e. The number of aromatic nitrogens is 1. The third-order valence-electron chi connectivity index (χ3n) is 5.18. The summed E-state index contributed by atoms with van der Waals surface area (Å²) in [6.45, 7) is 5.35. The summed E-state index contributed by atoms with van der Waals surface area (Å²) >= 11 is 0. The zero-order valence-electron chi connectivity index (χ0n) is 14.3. The first-order valence-electron chi connectivity index (χ1n) is 8.80. The topological polar surface area (TPSA) is 48.1 Å². The number of benzene rings is 1. The first kappa shape index (κ1) is 16.1. The maximum atomic E-state index is 13.4. The van der Waals surface area contributed by atoms with Crippen LogP contribution >= 0.6 is 0 Å². The van der Waals surface area contributed by atoms with Gasteiger partial charge in [-0.25, -0.2) is 4.39 Å². The summed E-state index contributed by atoms with van der Waals surface area (Å²) < 4.78 is 13.4. The van der Waals surface area contributed by atoms with Gasteiger partial charge in [-0.3, -0.25) is 4.79 Å². The number of hydrogen-bond donors (Lipinski definition) is 2. The van der Waals surface area contributed by atoms with Gasteiger partial charge in [0, 0.05) is 54.8 Å². The Kier molecular flexibility index (Phi) is 4.17. The van der Waals surface area contributed by atoms with Crippen LogP contribution in [-0.2, 0) is 4.79 Å². The van der Waals surface area contributed by atoms with E-state index in [0.717, 1.165) is 48.2 Å². The van der Waals surface area contributed by atoms with Crippen molar-refractivity contribution in [2.75, 3.05) is 26.2 Å². The smallest absolute Gasteiger partial charge is 0.253 e. The molecule has 1 fully saturated rings. The molecule has 0 bridgehead atoms. The number of amides is 1. The number of nitrogens with zero attached hydrogens (tertiary/aromatic N) is 1. The Balaban J connectivity index is 1.57. The fourth-order valence-corrected chi connectivity index (χ4v) is 3.80. The van der Waals surface area contributed by atoms with Crippen LogP contribution < -0.4 is 5.32 Å². The SMILES string of the molecule is CC1C=C(C(=O)N2CCNCC2)C=CC1c1c[nH]c2cc(F)ccc12. The Morgan fingerprint density at radius 3 is 2.84 bits per heavy atom. The predicted molar refractivity (Wildman–Crippen MR) is 96.8 cm³/mol. The molecule has 1 saturated heterocycles. The number of carbonyl (C=O) groups is 1. The van der Waals surface area contributed by atoms with Crippen LogP contribution in [0.1, 0.15) is 18.4 Å². The molecule has 2 unspecified atom stereocenters. The number of hydrogen-bond acceptors (Lipinski definition) is 2. The fraction of sp³-hybridized carbons (Fsp3) is 0.350. The maximum Gasteiger partial charge on any atom is 0.253 e. The van der Waals surface area contributed by atoms with Crippen LogP contribution in [0.2, 0.25) is 0 Å². The fourth-order valence-electron chi connectivity index (χ4n) is 3.80. The highest BCUT2D eigenvalue weighted by atomic mass is 19.1. The molecule has 130 valence electrons. The van der Waals surface area contributed by atoms with Gasteiger partial charge in [0.05, 0.1) is 0 Å². The number of aromatic amines is 1. The molecule has 4 nitrogen and oxygen atoms in total. The first-order valence-corrected chi connectivity index (χ1v) is 8.80. The van der Waals surface area contributed by atoms with Crippen LogP contribution in [0, 0.1) is 11.7 Å². The number of carbonyl (C=O) groups excluding carboxylic acids is 1. The first-order chi connectivity index (χ1) is 12.1. The minimum absolute atomic E-state index is 0.115. The highest BCUT2D eigenvalue weighted by molar-refractivity contribution is 5.96. The molecular weight excluding hydrogens is 317 g/mol. The Morgan fingerprint density at radius 2 is 2.08 bits per heavy atom. The highest BCUT2D eigenvalue weighted by Crippen LogP contribution is 2.36. The van der Waals surface area contributed by atoms with E-state index in [2.05, 4.69) is 29.4 Å². The van der Waals surface area contributed by atoms with E-state index in [9.17, 15) is 9.18 Å².